The predicted octanol–water partition coefficient (Wildman–Crippen LogP) is 3.52. The first-order valence-corrected chi connectivity index (χ1v) is 8.07. The molecule has 126 valence electrons. The minimum atomic E-state index is -0.192. The summed E-state index contributed by atoms with van der Waals surface area (Å²) in [7, 11) is 1.52. The summed E-state index contributed by atoms with van der Waals surface area (Å²) in [6.07, 6.45) is 1.68. The summed E-state index contributed by atoms with van der Waals surface area (Å²) in [5, 5.41) is 10.6. The molecular formula is C20H19N3O2. The Bertz CT molecular complexity index is 833. The molecule has 0 aliphatic rings. The van der Waals surface area contributed by atoms with Gasteiger partial charge in [-0.2, -0.15) is 0 Å². The number of hydrogen-bond acceptors (Lipinski definition) is 4. The molecule has 0 aliphatic heterocycles. The van der Waals surface area contributed by atoms with Crippen LogP contribution in [0.25, 0.3) is 0 Å². The second-order valence-corrected chi connectivity index (χ2v) is 5.56. The Balaban J connectivity index is 1.71. The number of aromatic nitrogens is 2. The minimum Gasteiger partial charge on any atom is -0.480 e. The average molecular weight is 333 g/mol. The fourth-order valence-corrected chi connectivity index (χ4v) is 2.56. The summed E-state index contributed by atoms with van der Waals surface area (Å²) in [5.41, 5.74) is 2.90. The molecule has 0 atom stereocenters. The number of methoxy groups -OCH3 is 1. The molecule has 0 saturated carbocycles. The van der Waals surface area contributed by atoms with Gasteiger partial charge in [-0.15, -0.1) is 10.2 Å². The van der Waals surface area contributed by atoms with Crippen LogP contribution in [0.5, 0.6) is 5.88 Å². The predicted molar refractivity (Wildman–Crippen MR) is 96.8 cm³/mol. The molecule has 5 heteroatoms. The van der Waals surface area contributed by atoms with Crippen LogP contribution < -0.4 is 10.1 Å². The monoisotopic (exact) mass is 333 g/mol. The Labute approximate surface area is 146 Å². The molecule has 3 aromatic rings. The van der Waals surface area contributed by atoms with Gasteiger partial charge in [0, 0.05) is 11.6 Å². The molecule has 5 nitrogen and oxygen atoms in total. The van der Waals surface area contributed by atoms with Crippen LogP contribution in [-0.2, 0) is 12.8 Å². The Kier molecular flexibility index (Phi) is 5.36. The first-order chi connectivity index (χ1) is 12.3. The van der Waals surface area contributed by atoms with Crippen molar-refractivity contribution in [1.82, 2.24) is 10.2 Å². The molecule has 0 fully saturated rings. The highest BCUT2D eigenvalue weighted by Gasteiger charge is 2.12. The summed E-state index contributed by atoms with van der Waals surface area (Å²) < 4.78 is 4.97. The average Bonchev–Trinajstić information content (AvgIpc) is 2.68. The summed E-state index contributed by atoms with van der Waals surface area (Å²) in [4.78, 5) is 12.6. The third kappa shape index (κ3) is 4.41. The Morgan fingerprint density at radius 3 is 2.40 bits per heavy atom. The highest BCUT2D eigenvalue weighted by molar-refractivity contribution is 6.04. The molecule has 0 aliphatic carbocycles. The van der Waals surface area contributed by atoms with Crippen molar-refractivity contribution in [1.29, 1.82) is 0 Å². The van der Waals surface area contributed by atoms with Crippen molar-refractivity contribution in [2.45, 2.75) is 12.8 Å². The highest BCUT2D eigenvalue weighted by atomic mass is 16.5. The number of rotatable bonds is 6. The normalized spacial score (nSPS) is 10.3. The topological polar surface area (TPSA) is 64.1 Å². The van der Waals surface area contributed by atoms with Crippen molar-refractivity contribution in [2.75, 3.05) is 12.4 Å². The molecule has 25 heavy (non-hydrogen) atoms. The van der Waals surface area contributed by atoms with Crippen molar-refractivity contribution >= 4 is 11.7 Å². The number of nitrogens with one attached hydrogen (secondary N) is 1. The summed E-state index contributed by atoms with van der Waals surface area (Å²) in [6, 6.07) is 21.2. The van der Waals surface area contributed by atoms with Crippen LogP contribution in [0.15, 0.2) is 66.7 Å². The van der Waals surface area contributed by atoms with Crippen LogP contribution in [-0.4, -0.2) is 23.2 Å². The van der Waals surface area contributed by atoms with Gasteiger partial charge in [0.05, 0.1) is 7.11 Å². The summed E-state index contributed by atoms with van der Waals surface area (Å²) in [6.45, 7) is 0. The summed E-state index contributed by atoms with van der Waals surface area (Å²) >= 11 is 0. The van der Waals surface area contributed by atoms with Gasteiger partial charge in [0.1, 0.15) is 0 Å². The standard InChI is InChI=1S/C20H19N3O2/c1-25-19-14-13-18(22-23-19)21-20(24)17-10-6-5-9-16(17)12-11-15-7-3-2-4-8-15/h2-10,13-14H,11-12H2,1H3,(H,21,22,24). The molecule has 0 unspecified atom stereocenters. The lowest BCUT2D eigenvalue weighted by atomic mass is 9.99. The second-order valence-electron chi connectivity index (χ2n) is 5.56. The molecule has 0 radical (unpaired) electrons. The third-order valence-corrected chi connectivity index (χ3v) is 3.88. The number of anilines is 1. The third-order valence-electron chi connectivity index (χ3n) is 3.88. The van der Waals surface area contributed by atoms with E-state index >= 15 is 0 Å². The molecular weight excluding hydrogens is 314 g/mol. The van der Waals surface area contributed by atoms with Gasteiger partial charge in [-0.25, -0.2) is 0 Å². The number of nitrogens with zero attached hydrogens (tertiary/aromatic N) is 2. The van der Waals surface area contributed by atoms with E-state index in [0.717, 1.165) is 18.4 Å². The highest BCUT2D eigenvalue weighted by Crippen LogP contribution is 2.15. The summed E-state index contributed by atoms with van der Waals surface area (Å²) in [5.74, 6) is 0.605. The van der Waals surface area contributed by atoms with Crippen LogP contribution in [0.3, 0.4) is 0 Å². The number of amides is 1. The minimum absolute atomic E-state index is 0.192. The molecule has 1 N–H and O–H groups in total. The van der Waals surface area contributed by atoms with Crippen molar-refractivity contribution in [3.8, 4) is 5.88 Å². The van der Waals surface area contributed by atoms with Crippen molar-refractivity contribution < 1.29 is 9.53 Å². The van der Waals surface area contributed by atoms with Gasteiger partial charge in [0.15, 0.2) is 5.82 Å². The van der Waals surface area contributed by atoms with Crippen molar-refractivity contribution in [3.63, 3.8) is 0 Å². The molecule has 2 aromatic carbocycles. The van der Waals surface area contributed by atoms with Crippen LogP contribution >= 0.6 is 0 Å². The lowest BCUT2D eigenvalue weighted by molar-refractivity contribution is 0.102. The van der Waals surface area contributed by atoms with Crippen LogP contribution in [0.4, 0.5) is 5.82 Å². The molecule has 3 rings (SSSR count). The number of ether oxygens (including phenoxy) is 1. The Morgan fingerprint density at radius 1 is 0.920 bits per heavy atom. The van der Waals surface area contributed by atoms with Crippen LogP contribution in [0, 0.1) is 0 Å². The van der Waals surface area contributed by atoms with Crippen LogP contribution in [0.1, 0.15) is 21.5 Å². The first-order valence-electron chi connectivity index (χ1n) is 8.07. The van der Waals surface area contributed by atoms with Gasteiger partial charge in [-0.05, 0) is 36.1 Å². The maximum Gasteiger partial charge on any atom is 0.257 e. The number of carbonyl (C=O) groups excluding carboxylic acids is 1. The van der Waals surface area contributed by atoms with Gasteiger partial charge in [0.25, 0.3) is 5.91 Å². The smallest absolute Gasteiger partial charge is 0.257 e. The SMILES string of the molecule is COc1ccc(NC(=O)c2ccccc2CCc2ccccc2)nn1. The number of carbonyl (C=O) groups is 1. The van der Waals surface area contributed by atoms with Gasteiger partial charge < -0.3 is 10.1 Å². The van der Waals surface area contributed by atoms with E-state index in [2.05, 4.69) is 27.6 Å². The fraction of sp³-hybridized carbons (Fsp3) is 0.150. The van der Waals surface area contributed by atoms with Gasteiger partial charge in [-0.3, -0.25) is 4.79 Å². The zero-order valence-electron chi connectivity index (χ0n) is 14.0. The van der Waals surface area contributed by atoms with Crippen LogP contribution in [0.2, 0.25) is 0 Å². The van der Waals surface area contributed by atoms with E-state index < -0.39 is 0 Å². The van der Waals surface area contributed by atoms with E-state index in [0.29, 0.717) is 17.3 Å². The molecule has 0 saturated heterocycles. The van der Waals surface area contributed by atoms with Gasteiger partial charge >= 0.3 is 0 Å². The molecule has 1 heterocycles. The zero-order valence-corrected chi connectivity index (χ0v) is 14.0. The largest absolute Gasteiger partial charge is 0.480 e. The van der Waals surface area contributed by atoms with E-state index in [-0.39, 0.29) is 5.91 Å². The lowest BCUT2D eigenvalue weighted by Crippen LogP contribution is -2.15. The number of benzene rings is 2. The molecule has 1 aromatic heterocycles. The van der Waals surface area contributed by atoms with Crippen molar-refractivity contribution in [3.05, 3.63) is 83.4 Å². The zero-order chi connectivity index (χ0) is 17.5. The van der Waals surface area contributed by atoms with Gasteiger partial charge in [-0.1, -0.05) is 48.5 Å². The maximum absolute atomic E-state index is 12.6. The molecule has 0 bridgehead atoms. The lowest BCUT2D eigenvalue weighted by Gasteiger charge is -2.10. The van der Waals surface area contributed by atoms with E-state index in [1.54, 1.807) is 12.1 Å². The molecule has 1 amide bonds. The number of hydrogen-bond donors (Lipinski definition) is 1. The van der Waals surface area contributed by atoms with E-state index in [9.17, 15) is 4.79 Å². The second kappa shape index (κ2) is 8.06. The van der Waals surface area contributed by atoms with Gasteiger partial charge in [0.2, 0.25) is 5.88 Å². The Morgan fingerprint density at radius 2 is 1.68 bits per heavy atom. The first kappa shape index (κ1) is 16.6. The quantitative estimate of drug-likeness (QED) is 0.749. The van der Waals surface area contributed by atoms with E-state index in [1.807, 2.05) is 42.5 Å². The van der Waals surface area contributed by atoms with Crippen molar-refractivity contribution in [2.24, 2.45) is 0 Å². The maximum atomic E-state index is 12.6. The fourth-order valence-electron chi connectivity index (χ4n) is 2.56. The molecule has 0 spiro atoms. The van der Waals surface area contributed by atoms with E-state index in [4.69, 9.17) is 4.74 Å². The Hall–Kier alpha value is -3.21. The van der Waals surface area contributed by atoms with E-state index in [1.165, 1.54) is 12.7 Å². The number of aryl methyl sites for hydroxylation is 2.